The second-order valence-corrected chi connectivity index (χ2v) is 3.73. The molecule has 0 fully saturated rings. The Morgan fingerprint density at radius 3 is 2.60 bits per heavy atom. The van der Waals surface area contributed by atoms with E-state index in [2.05, 4.69) is 0 Å². The molecule has 0 aromatic heterocycles. The van der Waals surface area contributed by atoms with Gasteiger partial charge in [0.1, 0.15) is 0 Å². The highest BCUT2D eigenvalue weighted by Crippen LogP contribution is 2.25. The Morgan fingerprint density at radius 2 is 2.07 bits per heavy atom. The fourth-order valence-electron chi connectivity index (χ4n) is 1.74. The van der Waals surface area contributed by atoms with Crippen LogP contribution in [-0.2, 0) is 6.42 Å². The second-order valence-electron chi connectivity index (χ2n) is 3.73. The monoisotopic (exact) mass is 208 g/mol. The molecule has 0 spiro atoms. The fourth-order valence-corrected chi connectivity index (χ4v) is 1.74. The number of nitrogens with zero attached hydrogens (tertiary/aromatic N) is 1. The van der Waals surface area contributed by atoms with Gasteiger partial charge in [0, 0.05) is 11.6 Å². The Kier molecular flexibility index (Phi) is 3.80. The highest BCUT2D eigenvalue weighted by Gasteiger charge is 2.15. The highest BCUT2D eigenvalue weighted by atomic mass is 16.6. The summed E-state index contributed by atoms with van der Waals surface area (Å²) in [5, 5.41) is 10.9. The molecule has 15 heavy (non-hydrogen) atoms. The number of nitro benzene ring substituents is 1. The van der Waals surface area contributed by atoms with Crippen LogP contribution in [0.2, 0.25) is 0 Å². The van der Waals surface area contributed by atoms with Crippen molar-refractivity contribution >= 4 is 5.69 Å². The second kappa shape index (κ2) is 4.89. The first-order chi connectivity index (χ1) is 7.06. The maximum atomic E-state index is 10.9. The minimum absolute atomic E-state index is 0.223. The van der Waals surface area contributed by atoms with Gasteiger partial charge in [0.25, 0.3) is 5.69 Å². The number of hydrogen-bond acceptors (Lipinski definition) is 3. The third kappa shape index (κ3) is 2.76. The predicted octanol–water partition coefficient (Wildman–Crippen LogP) is 2.10. The molecule has 0 amide bonds. The highest BCUT2D eigenvalue weighted by molar-refractivity contribution is 5.48. The van der Waals surface area contributed by atoms with E-state index in [-0.39, 0.29) is 10.6 Å². The molecule has 0 saturated carbocycles. The molecule has 0 heterocycles. The number of nitro groups is 1. The van der Waals surface area contributed by atoms with Gasteiger partial charge < -0.3 is 5.73 Å². The number of rotatable bonds is 4. The van der Waals surface area contributed by atoms with Gasteiger partial charge in [0.15, 0.2) is 0 Å². The Balaban J connectivity index is 3.15. The van der Waals surface area contributed by atoms with E-state index in [1.807, 2.05) is 19.9 Å². The predicted molar refractivity (Wildman–Crippen MR) is 59.9 cm³/mol. The van der Waals surface area contributed by atoms with Crippen molar-refractivity contribution in [3.63, 3.8) is 0 Å². The minimum Gasteiger partial charge on any atom is -0.330 e. The van der Waals surface area contributed by atoms with Gasteiger partial charge in [-0.25, -0.2) is 0 Å². The van der Waals surface area contributed by atoms with Crippen molar-refractivity contribution in [1.29, 1.82) is 0 Å². The summed E-state index contributed by atoms with van der Waals surface area (Å²) in [6, 6.07) is 3.59. The van der Waals surface area contributed by atoms with Gasteiger partial charge in [-0.1, -0.05) is 6.07 Å². The van der Waals surface area contributed by atoms with Gasteiger partial charge >= 0.3 is 0 Å². The van der Waals surface area contributed by atoms with Crippen molar-refractivity contribution in [2.75, 3.05) is 6.54 Å². The summed E-state index contributed by atoms with van der Waals surface area (Å²) in [4.78, 5) is 10.6. The summed E-state index contributed by atoms with van der Waals surface area (Å²) in [5.74, 6) is 0. The normalized spacial score (nSPS) is 10.3. The molecule has 1 aromatic carbocycles. The van der Waals surface area contributed by atoms with Crippen LogP contribution in [-0.4, -0.2) is 11.5 Å². The lowest BCUT2D eigenvalue weighted by molar-refractivity contribution is -0.385. The molecular weight excluding hydrogens is 192 g/mol. The van der Waals surface area contributed by atoms with E-state index in [0.717, 1.165) is 23.1 Å². The van der Waals surface area contributed by atoms with Gasteiger partial charge in [0.05, 0.1) is 4.92 Å². The van der Waals surface area contributed by atoms with Crippen molar-refractivity contribution in [2.24, 2.45) is 5.73 Å². The molecule has 0 radical (unpaired) electrons. The van der Waals surface area contributed by atoms with E-state index in [4.69, 9.17) is 5.73 Å². The molecule has 0 unspecified atom stereocenters. The Bertz CT molecular complexity index is 375. The van der Waals surface area contributed by atoms with E-state index in [9.17, 15) is 10.1 Å². The van der Waals surface area contributed by atoms with Crippen LogP contribution in [0.3, 0.4) is 0 Å². The van der Waals surface area contributed by atoms with Crippen LogP contribution in [0, 0.1) is 24.0 Å². The van der Waals surface area contributed by atoms with Crippen molar-refractivity contribution in [1.82, 2.24) is 0 Å². The van der Waals surface area contributed by atoms with Crippen LogP contribution in [0.1, 0.15) is 23.1 Å². The van der Waals surface area contributed by atoms with Crippen LogP contribution in [0.15, 0.2) is 12.1 Å². The van der Waals surface area contributed by atoms with E-state index < -0.39 is 0 Å². The van der Waals surface area contributed by atoms with E-state index in [1.54, 1.807) is 6.07 Å². The zero-order chi connectivity index (χ0) is 11.4. The van der Waals surface area contributed by atoms with E-state index >= 15 is 0 Å². The summed E-state index contributed by atoms with van der Waals surface area (Å²) >= 11 is 0. The lowest BCUT2D eigenvalue weighted by Gasteiger charge is -2.07. The molecule has 0 aliphatic heterocycles. The molecule has 0 atom stereocenters. The first-order valence-electron chi connectivity index (χ1n) is 5.01. The van der Waals surface area contributed by atoms with Crippen molar-refractivity contribution in [2.45, 2.75) is 26.7 Å². The Hall–Kier alpha value is -1.42. The van der Waals surface area contributed by atoms with E-state index in [1.165, 1.54) is 0 Å². The zero-order valence-electron chi connectivity index (χ0n) is 9.12. The molecule has 82 valence electrons. The Morgan fingerprint density at radius 1 is 1.40 bits per heavy atom. The van der Waals surface area contributed by atoms with Crippen LogP contribution < -0.4 is 5.73 Å². The summed E-state index contributed by atoms with van der Waals surface area (Å²) in [6.07, 6.45) is 1.46. The van der Waals surface area contributed by atoms with Gasteiger partial charge in [-0.2, -0.15) is 0 Å². The zero-order valence-corrected chi connectivity index (χ0v) is 9.12. The number of hydrogen-bond donors (Lipinski definition) is 1. The Labute approximate surface area is 89.2 Å². The molecule has 1 rings (SSSR count). The maximum absolute atomic E-state index is 10.9. The molecule has 0 aliphatic carbocycles. The number of nitrogens with two attached hydrogens (primary N) is 1. The minimum atomic E-state index is -0.314. The molecule has 1 aromatic rings. The van der Waals surface area contributed by atoms with Crippen LogP contribution in [0.5, 0.6) is 0 Å². The van der Waals surface area contributed by atoms with Crippen LogP contribution in [0.4, 0.5) is 5.69 Å². The third-order valence-electron chi connectivity index (χ3n) is 2.42. The van der Waals surface area contributed by atoms with Gasteiger partial charge in [-0.3, -0.25) is 10.1 Å². The van der Waals surface area contributed by atoms with Crippen molar-refractivity contribution in [3.8, 4) is 0 Å². The van der Waals surface area contributed by atoms with Gasteiger partial charge in [-0.15, -0.1) is 0 Å². The molecule has 4 heteroatoms. The third-order valence-corrected chi connectivity index (χ3v) is 2.42. The lowest BCUT2D eigenvalue weighted by Crippen LogP contribution is -2.04. The van der Waals surface area contributed by atoms with Crippen LogP contribution in [0.25, 0.3) is 0 Å². The van der Waals surface area contributed by atoms with Crippen molar-refractivity contribution < 1.29 is 4.92 Å². The van der Waals surface area contributed by atoms with E-state index in [0.29, 0.717) is 13.0 Å². The molecule has 2 N–H and O–H groups in total. The number of benzene rings is 1. The topological polar surface area (TPSA) is 69.2 Å². The largest absolute Gasteiger partial charge is 0.330 e. The average molecular weight is 208 g/mol. The molecule has 0 aliphatic rings. The first-order valence-corrected chi connectivity index (χ1v) is 5.01. The molecular formula is C11H16N2O2. The summed E-state index contributed by atoms with van der Waals surface area (Å²) in [5.41, 5.74) is 8.36. The molecule has 0 bridgehead atoms. The quantitative estimate of drug-likeness (QED) is 0.608. The fraction of sp³-hybridized carbons (Fsp3) is 0.455. The van der Waals surface area contributed by atoms with Gasteiger partial charge in [-0.05, 0) is 44.4 Å². The van der Waals surface area contributed by atoms with Gasteiger partial charge in [0.2, 0.25) is 0 Å². The summed E-state index contributed by atoms with van der Waals surface area (Å²) in [6.45, 7) is 4.34. The molecule has 4 nitrogen and oxygen atoms in total. The first kappa shape index (κ1) is 11.7. The average Bonchev–Trinajstić information content (AvgIpc) is 2.15. The van der Waals surface area contributed by atoms with Crippen LogP contribution >= 0.6 is 0 Å². The van der Waals surface area contributed by atoms with Crippen molar-refractivity contribution in [3.05, 3.63) is 38.9 Å². The SMILES string of the molecule is Cc1cc(C)c(CCCN)c([N+](=O)[O-])c1. The maximum Gasteiger partial charge on any atom is 0.273 e. The number of aryl methyl sites for hydroxylation is 2. The molecule has 0 saturated heterocycles. The lowest BCUT2D eigenvalue weighted by atomic mass is 9.99. The summed E-state index contributed by atoms with van der Waals surface area (Å²) < 4.78 is 0. The smallest absolute Gasteiger partial charge is 0.273 e. The summed E-state index contributed by atoms with van der Waals surface area (Å²) in [7, 11) is 0. The standard InChI is InChI=1S/C11H16N2O2/c1-8-6-9(2)10(4-3-5-12)11(7-8)13(14)15/h6-7H,3-5,12H2,1-2H3.